The van der Waals surface area contributed by atoms with Gasteiger partial charge in [-0.3, -0.25) is 0 Å². The van der Waals surface area contributed by atoms with Gasteiger partial charge in [0.2, 0.25) is 0 Å². The van der Waals surface area contributed by atoms with Gasteiger partial charge in [-0.2, -0.15) is 0 Å². The number of aliphatic hydroxyl groups is 1. The fourth-order valence-electron chi connectivity index (χ4n) is 2.25. The number of hydrogen-bond acceptors (Lipinski definition) is 4. The third kappa shape index (κ3) is 3.61. The predicted octanol–water partition coefficient (Wildman–Crippen LogP) is 2.70. The van der Waals surface area contributed by atoms with Gasteiger partial charge in [0, 0.05) is 24.7 Å². The third-order valence-corrected chi connectivity index (χ3v) is 3.12. The molecule has 1 unspecified atom stereocenters. The smallest absolute Gasteiger partial charge is 0.129 e. The minimum absolute atomic E-state index is 0.351. The summed E-state index contributed by atoms with van der Waals surface area (Å²) in [6, 6.07) is 5.56. The van der Waals surface area contributed by atoms with Crippen molar-refractivity contribution in [1.82, 2.24) is 0 Å². The van der Waals surface area contributed by atoms with E-state index < -0.39 is 6.10 Å². The van der Waals surface area contributed by atoms with Crippen molar-refractivity contribution in [3.63, 3.8) is 0 Å². The van der Waals surface area contributed by atoms with Crippen molar-refractivity contribution in [2.24, 2.45) is 0 Å². The molecule has 0 bridgehead atoms. The van der Waals surface area contributed by atoms with Crippen molar-refractivity contribution in [2.75, 3.05) is 19.8 Å². The Hall–Kier alpha value is -1.26. The Morgan fingerprint density at radius 3 is 2.89 bits per heavy atom. The van der Waals surface area contributed by atoms with Crippen LogP contribution < -0.4 is 9.47 Å². The number of aliphatic hydroxyl groups excluding tert-OH is 1. The first-order valence-electron chi connectivity index (χ1n) is 6.73. The van der Waals surface area contributed by atoms with E-state index in [1.807, 2.05) is 39.0 Å². The average Bonchev–Trinajstić information content (AvgIpc) is 2.32. The lowest BCUT2D eigenvalue weighted by Gasteiger charge is -2.35. The van der Waals surface area contributed by atoms with Crippen molar-refractivity contribution in [3.8, 4) is 11.5 Å². The number of ether oxygens (including phenoxy) is 3. The van der Waals surface area contributed by atoms with E-state index >= 15 is 0 Å². The van der Waals surface area contributed by atoms with Crippen LogP contribution in [0.5, 0.6) is 11.5 Å². The summed E-state index contributed by atoms with van der Waals surface area (Å²) in [7, 11) is 0. The molecule has 1 aliphatic rings. The quantitative estimate of drug-likeness (QED) is 0.832. The van der Waals surface area contributed by atoms with Gasteiger partial charge in [-0.1, -0.05) is 0 Å². The van der Waals surface area contributed by atoms with Crippen LogP contribution in [0.15, 0.2) is 18.2 Å². The highest BCUT2D eigenvalue weighted by molar-refractivity contribution is 5.43. The van der Waals surface area contributed by atoms with Crippen molar-refractivity contribution < 1.29 is 19.3 Å². The molecule has 106 valence electrons. The topological polar surface area (TPSA) is 47.9 Å². The molecule has 4 heteroatoms. The maximum atomic E-state index is 10.1. The van der Waals surface area contributed by atoms with Crippen LogP contribution in [0, 0.1) is 0 Å². The van der Waals surface area contributed by atoms with E-state index in [0.29, 0.717) is 32.0 Å². The molecule has 0 radical (unpaired) electrons. The van der Waals surface area contributed by atoms with Gasteiger partial charge in [0.15, 0.2) is 0 Å². The highest BCUT2D eigenvalue weighted by Gasteiger charge is 2.32. The van der Waals surface area contributed by atoms with Crippen LogP contribution >= 0.6 is 0 Å². The molecule has 0 aromatic heterocycles. The SMILES string of the molecule is CCOCCOc1ccc2c(c1)OC(C)(C)CC2O. The molecule has 1 heterocycles. The van der Waals surface area contributed by atoms with Crippen molar-refractivity contribution in [1.29, 1.82) is 0 Å². The van der Waals surface area contributed by atoms with Gasteiger partial charge < -0.3 is 19.3 Å². The number of rotatable bonds is 5. The summed E-state index contributed by atoms with van der Waals surface area (Å²) in [5.41, 5.74) is 0.479. The number of fused-ring (bicyclic) bond motifs is 1. The summed E-state index contributed by atoms with van der Waals surface area (Å²) in [6.07, 6.45) is 0.126. The summed E-state index contributed by atoms with van der Waals surface area (Å²) in [6.45, 7) is 7.68. The summed E-state index contributed by atoms with van der Waals surface area (Å²) in [5, 5.41) is 10.1. The highest BCUT2D eigenvalue weighted by atomic mass is 16.5. The highest BCUT2D eigenvalue weighted by Crippen LogP contribution is 2.40. The van der Waals surface area contributed by atoms with Crippen LogP contribution in [-0.4, -0.2) is 30.5 Å². The summed E-state index contributed by atoms with van der Waals surface area (Å²) in [4.78, 5) is 0. The van der Waals surface area contributed by atoms with E-state index in [-0.39, 0.29) is 5.60 Å². The third-order valence-electron chi connectivity index (χ3n) is 3.12. The molecule has 2 rings (SSSR count). The lowest BCUT2D eigenvalue weighted by molar-refractivity contribution is 0.0112. The Morgan fingerprint density at radius 2 is 2.16 bits per heavy atom. The average molecular weight is 266 g/mol. The van der Waals surface area contributed by atoms with Crippen molar-refractivity contribution >= 4 is 0 Å². The first-order chi connectivity index (χ1) is 9.02. The van der Waals surface area contributed by atoms with E-state index in [1.165, 1.54) is 0 Å². The lowest BCUT2D eigenvalue weighted by atomic mass is 9.92. The normalized spacial score (nSPS) is 20.5. The molecule has 1 aromatic carbocycles. The minimum Gasteiger partial charge on any atom is -0.491 e. The van der Waals surface area contributed by atoms with E-state index in [1.54, 1.807) is 0 Å². The zero-order chi connectivity index (χ0) is 13.9. The molecule has 0 aliphatic carbocycles. The molecule has 0 spiro atoms. The summed E-state index contributed by atoms with van der Waals surface area (Å²) >= 11 is 0. The van der Waals surface area contributed by atoms with Crippen LogP contribution in [-0.2, 0) is 4.74 Å². The van der Waals surface area contributed by atoms with Gasteiger partial charge in [0.1, 0.15) is 23.7 Å². The van der Waals surface area contributed by atoms with Gasteiger partial charge in [0.25, 0.3) is 0 Å². The number of benzene rings is 1. The first kappa shape index (κ1) is 14.2. The van der Waals surface area contributed by atoms with E-state index in [9.17, 15) is 5.11 Å². The maximum Gasteiger partial charge on any atom is 0.129 e. The Kier molecular flexibility index (Phi) is 4.32. The monoisotopic (exact) mass is 266 g/mol. The van der Waals surface area contributed by atoms with Crippen molar-refractivity contribution in [3.05, 3.63) is 23.8 Å². The first-order valence-corrected chi connectivity index (χ1v) is 6.73. The van der Waals surface area contributed by atoms with Crippen LogP contribution in [0.25, 0.3) is 0 Å². The molecule has 19 heavy (non-hydrogen) atoms. The Labute approximate surface area is 114 Å². The van der Waals surface area contributed by atoms with E-state index in [0.717, 1.165) is 11.3 Å². The van der Waals surface area contributed by atoms with Crippen molar-refractivity contribution in [2.45, 2.75) is 38.9 Å². The lowest BCUT2D eigenvalue weighted by Crippen LogP contribution is -2.34. The van der Waals surface area contributed by atoms with Gasteiger partial charge in [-0.05, 0) is 32.9 Å². The molecule has 0 saturated heterocycles. The standard InChI is InChI=1S/C15H22O4/c1-4-17-7-8-18-11-5-6-12-13(16)10-15(2,3)19-14(12)9-11/h5-6,9,13,16H,4,7-8,10H2,1-3H3. The fourth-order valence-corrected chi connectivity index (χ4v) is 2.25. The van der Waals surface area contributed by atoms with Gasteiger partial charge >= 0.3 is 0 Å². The Morgan fingerprint density at radius 1 is 1.37 bits per heavy atom. The molecule has 1 N–H and O–H groups in total. The zero-order valence-electron chi connectivity index (χ0n) is 11.8. The van der Waals surface area contributed by atoms with Crippen LogP contribution in [0.1, 0.15) is 38.9 Å². The van der Waals surface area contributed by atoms with E-state index in [2.05, 4.69) is 0 Å². The second-order valence-corrected chi connectivity index (χ2v) is 5.33. The molecular formula is C15H22O4. The maximum absolute atomic E-state index is 10.1. The molecule has 0 fully saturated rings. The van der Waals surface area contributed by atoms with Crippen LogP contribution in [0.3, 0.4) is 0 Å². The van der Waals surface area contributed by atoms with E-state index in [4.69, 9.17) is 14.2 Å². The molecule has 1 aromatic rings. The largest absolute Gasteiger partial charge is 0.491 e. The molecule has 1 atom stereocenters. The Bertz CT molecular complexity index is 428. The summed E-state index contributed by atoms with van der Waals surface area (Å²) < 4.78 is 16.7. The molecule has 0 amide bonds. The van der Waals surface area contributed by atoms with Crippen LogP contribution in [0.2, 0.25) is 0 Å². The van der Waals surface area contributed by atoms with Crippen LogP contribution in [0.4, 0.5) is 0 Å². The zero-order valence-corrected chi connectivity index (χ0v) is 11.8. The molecule has 1 aliphatic heterocycles. The Balaban J connectivity index is 2.06. The molecule has 0 saturated carbocycles. The summed E-state index contributed by atoms with van der Waals surface area (Å²) in [5.74, 6) is 1.45. The molecular weight excluding hydrogens is 244 g/mol. The second kappa shape index (κ2) is 5.80. The second-order valence-electron chi connectivity index (χ2n) is 5.33. The van der Waals surface area contributed by atoms with Gasteiger partial charge in [0.05, 0.1) is 12.7 Å². The minimum atomic E-state index is -0.476. The van der Waals surface area contributed by atoms with Gasteiger partial charge in [-0.25, -0.2) is 0 Å². The molecule has 4 nitrogen and oxygen atoms in total. The number of hydrogen-bond donors (Lipinski definition) is 1. The predicted molar refractivity (Wildman–Crippen MR) is 72.7 cm³/mol. The fraction of sp³-hybridized carbons (Fsp3) is 0.600. The van der Waals surface area contributed by atoms with Gasteiger partial charge in [-0.15, -0.1) is 0 Å².